The van der Waals surface area contributed by atoms with Crippen molar-refractivity contribution < 1.29 is 14.3 Å². The van der Waals surface area contributed by atoms with E-state index in [9.17, 15) is 9.59 Å². The zero-order chi connectivity index (χ0) is 15.6. The van der Waals surface area contributed by atoms with Crippen LogP contribution >= 0.6 is 11.6 Å². The molecule has 1 aromatic rings. The Morgan fingerprint density at radius 1 is 1.38 bits per heavy atom. The highest BCUT2D eigenvalue weighted by molar-refractivity contribution is 6.30. The van der Waals surface area contributed by atoms with Gasteiger partial charge in [0.15, 0.2) is 5.78 Å². The highest BCUT2D eigenvalue weighted by Crippen LogP contribution is 2.42. The summed E-state index contributed by atoms with van der Waals surface area (Å²) in [5.41, 5.74) is -0.0973. The predicted octanol–water partition coefficient (Wildman–Crippen LogP) is 3.82. The van der Waals surface area contributed by atoms with Crippen LogP contribution in [0.25, 0.3) is 0 Å². The van der Waals surface area contributed by atoms with Gasteiger partial charge in [-0.25, -0.2) is 0 Å². The van der Waals surface area contributed by atoms with Gasteiger partial charge >= 0.3 is 5.97 Å². The first-order valence-electron chi connectivity index (χ1n) is 7.35. The summed E-state index contributed by atoms with van der Waals surface area (Å²) < 4.78 is 5.37. The number of halogens is 1. The lowest BCUT2D eigenvalue weighted by molar-refractivity contribution is -0.163. The van der Waals surface area contributed by atoms with E-state index in [1.807, 2.05) is 19.1 Å². The number of ketones is 1. The summed E-state index contributed by atoms with van der Waals surface area (Å²) in [7, 11) is 0. The highest BCUT2D eigenvalue weighted by Gasteiger charge is 2.53. The van der Waals surface area contributed by atoms with E-state index in [2.05, 4.69) is 0 Å². The smallest absolute Gasteiger partial charge is 0.320 e. The monoisotopic (exact) mass is 308 g/mol. The van der Waals surface area contributed by atoms with Crippen LogP contribution in [0.5, 0.6) is 0 Å². The van der Waals surface area contributed by atoms with E-state index >= 15 is 0 Å². The van der Waals surface area contributed by atoms with E-state index in [0.717, 1.165) is 12.0 Å². The minimum absolute atomic E-state index is 0.00287. The topological polar surface area (TPSA) is 43.4 Å². The van der Waals surface area contributed by atoms with Gasteiger partial charge in [-0.1, -0.05) is 30.7 Å². The maximum Gasteiger partial charge on any atom is 0.320 e. The van der Waals surface area contributed by atoms with Crippen LogP contribution in [-0.2, 0) is 20.7 Å². The number of rotatable bonds is 4. The Morgan fingerprint density at radius 2 is 2.00 bits per heavy atom. The molecule has 0 amide bonds. The number of hydrogen-bond acceptors (Lipinski definition) is 3. The molecular formula is C17H21ClO3. The average molecular weight is 309 g/mol. The third-order valence-electron chi connectivity index (χ3n) is 4.08. The molecule has 4 heteroatoms. The number of Topliss-reactive ketones (excluding diaryl/α,β-unsaturated/α-hetero) is 1. The summed E-state index contributed by atoms with van der Waals surface area (Å²) in [6.07, 6.45) is 1.46. The van der Waals surface area contributed by atoms with Gasteiger partial charge in [-0.3, -0.25) is 9.59 Å². The Kier molecular flexibility index (Phi) is 4.72. The molecule has 1 aromatic carbocycles. The number of ether oxygens (including phenoxy) is 1. The molecule has 0 radical (unpaired) electrons. The van der Waals surface area contributed by atoms with Gasteiger partial charge in [-0.15, -0.1) is 0 Å². The quantitative estimate of drug-likeness (QED) is 0.627. The summed E-state index contributed by atoms with van der Waals surface area (Å²) in [6.45, 7) is 5.49. The van der Waals surface area contributed by atoms with Crippen LogP contribution in [0.2, 0.25) is 5.02 Å². The Labute approximate surface area is 130 Å². The third kappa shape index (κ3) is 3.29. The van der Waals surface area contributed by atoms with E-state index in [1.54, 1.807) is 26.0 Å². The largest absolute Gasteiger partial charge is 0.462 e. The van der Waals surface area contributed by atoms with Crippen LogP contribution in [0, 0.1) is 11.3 Å². The first-order valence-corrected chi connectivity index (χ1v) is 7.73. The van der Waals surface area contributed by atoms with Gasteiger partial charge in [-0.2, -0.15) is 0 Å². The van der Waals surface area contributed by atoms with Crippen LogP contribution in [0.3, 0.4) is 0 Å². The molecule has 1 aliphatic carbocycles. The summed E-state index contributed by atoms with van der Waals surface area (Å²) in [5, 5.41) is 0.642. The predicted molar refractivity (Wildman–Crippen MR) is 82.2 cm³/mol. The van der Waals surface area contributed by atoms with E-state index < -0.39 is 5.41 Å². The van der Waals surface area contributed by atoms with Crippen LogP contribution in [0.4, 0.5) is 0 Å². The maximum absolute atomic E-state index is 12.6. The molecule has 2 unspecified atom stereocenters. The SMILES string of the molecule is CC(C)OC(=O)C1(Cc2ccc(Cl)cc2)CCC(C)C1=O. The standard InChI is InChI=1S/C17H21ClO3/c1-11(2)21-16(20)17(9-8-12(3)15(17)19)10-13-4-6-14(18)7-5-13/h4-7,11-12H,8-10H2,1-3H3. The Balaban J connectivity index is 2.30. The lowest BCUT2D eigenvalue weighted by Gasteiger charge is -2.27. The molecule has 0 bridgehead atoms. The maximum atomic E-state index is 12.6. The molecule has 2 atom stereocenters. The number of esters is 1. The fourth-order valence-corrected chi connectivity index (χ4v) is 3.04. The van der Waals surface area contributed by atoms with Crippen molar-refractivity contribution in [3.05, 3.63) is 34.9 Å². The second-order valence-corrected chi connectivity index (χ2v) is 6.58. The third-order valence-corrected chi connectivity index (χ3v) is 4.33. The second-order valence-electron chi connectivity index (χ2n) is 6.14. The Morgan fingerprint density at radius 3 is 2.48 bits per heavy atom. The fourth-order valence-electron chi connectivity index (χ4n) is 2.92. The van der Waals surface area contributed by atoms with Crippen molar-refractivity contribution in [1.82, 2.24) is 0 Å². The van der Waals surface area contributed by atoms with Crippen molar-refractivity contribution in [1.29, 1.82) is 0 Å². The first kappa shape index (κ1) is 16.0. The molecule has 21 heavy (non-hydrogen) atoms. The molecule has 2 rings (SSSR count). The van der Waals surface area contributed by atoms with Gasteiger partial charge in [-0.05, 0) is 50.8 Å². The van der Waals surface area contributed by atoms with Crippen molar-refractivity contribution >= 4 is 23.4 Å². The summed E-state index contributed by atoms with van der Waals surface area (Å²) >= 11 is 5.89. The fraction of sp³-hybridized carbons (Fsp3) is 0.529. The van der Waals surface area contributed by atoms with Gasteiger partial charge in [0, 0.05) is 10.9 Å². The summed E-state index contributed by atoms with van der Waals surface area (Å²) in [4.78, 5) is 25.1. The van der Waals surface area contributed by atoms with Crippen molar-refractivity contribution in [2.75, 3.05) is 0 Å². The number of carbonyl (C=O) groups excluding carboxylic acids is 2. The minimum Gasteiger partial charge on any atom is -0.462 e. The summed E-state index contributed by atoms with van der Waals surface area (Å²) in [5.74, 6) is -0.470. The van der Waals surface area contributed by atoms with Gasteiger partial charge in [0.2, 0.25) is 0 Å². The lowest BCUT2D eigenvalue weighted by Crippen LogP contribution is -2.41. The van der Waals surface area contributed by atoms with Crippen molar-refractivity contribution in [2.45, 2.75) is 46.1 Å². The van der Waals surface area contributed by atoms with Crippen LogP contribution in [-0.4, -0.2) is 17.9 Å². The first-order chi connectivity index (χ1) is 9.85. The molecule has 1 fully saturated rings. The van der Waals surface area contributed by atoms with E-state index in [1.165, 1.54) is 0 Å². The minimum atomic E-state index is -1.03. The molecule has 114 valence electrons. The van der Waals surface area contributed by atoms with Gasteiger partial charge in [0.1, 0.15) is 5.41 Å². The lowest BCUT2D eigenvalue weighted by atomic mass is 9.78. The van der Waals surface area contributed by atoms with Gasteiger partial charge in [0.25, 0.3) is 0 Å². The molecule has 1 saturated carbocycles. The van der Waals surface area contributed by atoms with E-state index in [0.29, 0.717) is 17.9 Å². The molecule has 0 aromatic heterocycles. The van der Waals surface area contributed by atoms with Crippen LogP contribution in [0.1, 0.15) is 39.2 Å². The number of carbonyl (C=O) groups is 2. The zero-order valence-electron chi connectivity index (χ0n) is 12.7. The van der Waals surface area contributed by atoms with Gasteiger partial charge in [0.05, 0.1) is 6.10 Å². The van der Waals surface area contributed by atoms with E-state index in [4.69, 9.17) is 16.3 Å². The van der Waals surface area contributed by atoms with E-state index in [-0.39, 0.29) is 23.8 Å². The van der Waals surface area contributed by atoms with Crippen LogP contribution < -0.4 is 0 Å². The zero-order valence-corrected chi connectivity index (χ0v) is 13.4. The summed E-state index contributed by atoms with van der Waals surface area (Å²) in [6, 6.07) is 7.29. The Hall–Kier alpha value is -1.35. The van der Waals surface area contributed by atoms with Crippen molar-refractivity contribution in [2.24, 2.45) is 11.3 Å². The second kappa shape index (κ2) is 6.18. The van der Waals surface area contributed by atoms with Crippen molar-refractivity contribution in [3.8, 4) is 0 Å². The molecule has 3 nitrogen and oxygen atoms in total. The molecule has 0 N–H and O–H groups in total. The molecule has 0 saturated heterocycles. The average Bonchev–Trinajstić information content (AvgIpc) is 2.70. The number of hydrogen-bond donors (Lipinski definition) is 0. The Bertz CT molecular complexity index is 535. The highest BCUT2D eigenvalue weighted by atomic mass is 35.5. The molecule has 0 spiro atoms. The molecule has 0 aliphatic heterocycles. The molecule has 1 aliphatic rings. The van der Waals surface area contributed by atoms with Crippen molar-refractivity contribution in [3.63, 3.8) is 0 Å². The van der Waals surface area contributed by atoms with Gasteiger partial charge < -0.3 is 4.74 Å². The van der Waals surface area contributed by atoms with Crippen LogP contribution in [0.15, 0.2) is 24.3 Å². The number of benzene rings is 1. The normalized spacial score (nSPS) is 25.4. The molecule has 0 heterocycles. The molecular weight excluding hydrogens is 288 g/mol.